The second-order valence-electron chi connectivity index (χ2n) is 14.2. The second kappa shape index (κ2) is 13.1. The minimum atomic E-state index is -1.31. The van der Waals surface area contributed by atoms with E-state index in [1.807, 2.05) is 27.7 Å². The van der Waals surface area contributed by atoms with Gasteiger partial charge in [0.1, 0.15) is 23.2 Å². The molecule has 0 unspecified atom stereocenters. The number of fused-ring (bicyclic) bond motifs is 8. The molecule has 1 N–H and O–H groups in total. The number of piperidine rings is 1. The van der Waals surface area contributed by atoms with E-state index in [0.717, 1.165) is 32.1 Å². The number of hydrogen-bond acceptors (Lipinski definition) is 7. The van der Waals surface area contributed by atoms with Gasteiger partial charge in [-0.15, -0.1) is 0 Å². The van der Waals surface area contributed by atoms with Crippen LogP contribution in [-0.4, -0.2) is 62.7 Å². The van der Waals surface area contributed by atoms with Crippen molar-refractivity contribution in [3.05, 3.63) is 65.4 Å². The summed E-state index contributed by atoms with van der Waals surface area (Å²) in [7, 11) is 0. The number of rotatable bonds is 3. The van der Waals surface area contributed by atoms with Crippen LogP contribution in [0.15, 0.2) is 42.5 Å². The van der Waals surface area contributed by atoms with Gasteiger partial charge in [-0.2, -0.15) is 9.61 Å². The Hall–Kier alpha value is -4.09. The van der Waals surface area contributed by atoms with Crippen LogP contribution in [0.3, 0.4) is 0 Å². The highest BCUT2D eigenvalue weighted by atomic mass is 19.1. The molecule has 4 aromatic rings. The second-order valence-corrected chi connectivity index (χ2v) is 14.2. The molecule has 7 rings (SSSR count). The van der Waals surface area contributed by atoms with Gasteiger partial charge in [-0.3, -0.25) is 0 Å². The Morgan fingerprint density at radius 2 is 1.85 bits per heavy atom. The molecule has 0 aliphatic carbocycles. The van der Waals surface area contributed by atoms with E-state index in [0.29, 0.717) is 53.7 Å². The van der Waals surface area contributed by atoms with Crippen molar-refractivity contribution in [1.29, 1.82) is 0 Å². The minimum absolute atomic E-state index is 0.0436. The summed E-state index contributed by atoms with van der Waals surface area (Å²) in [5.41, 5.74) is 1.43. The smallest absolute Gasteiger partial charge is 0.337 e. The first-order chi connectivity index (χ1) is 22.7. The monoisotopic (exact) mass is 662 g/mol. The maximum absolute atomic E-state index is 15.5. The zero-order chi connectivity index (χ0) is 34.4. The van der Waals surface area contributed by atoms with E-state index in [2.05, 4.69) is 11.8 Å². The molecule has 6 bridgehead atoms. The van der Waals surface area contributed by atoms with Crippen molar-refractivity contribution in [3.8, 4) is 28.1 Å². The predicted octanol–water partition coefficient (Wildman–Crippen LogP) is 7.92. The Kier molecular flexibility index (Phi) is 9.21. The quantitative estimate of drug-likeness (QED) is 0.236. The first-order valence-electron chi connectivity index (χ1n) is 16.7. The van der Waals surface area contributed by atoms with Crippen LogP contribution in [0.1, 0.15) is 84.1 Å². The van der Waals surface area contributed by atoms with Gasteiger partial charge in [0.05, 0.1) is 34.1 Å². The van der Waals surface area contributed by atoms with Gasteiger partial charge in [0.25, 0.3) is 0 Å². The first-order valence-corrected chi connectivity index (χ1v) is 16.7. The molecule has 48 heavy (non-hydrogen) atoms. The zero-order valence-corrected chi connectivity index (χ0v) is 28.5. The van der Waals surface area contributed by atoms with E-state index in [4.69, 9.17) is 24.3 Å². The summed E-state index contributed by atoms with van der Waals surface area (Å²) < 4.78 is 51.5. The number of aliphatic carboxylic acids is 1. The van der Waals surface area contributed by atoms with E-state index in [9.17, 15) is 9.90 Å². The summed E-state index contributed by atoms with van der Waals surface area (Å²) in [6.45, 7) is 13.1. The predicted molar refractivity (Wildman–Crippen MR) is 179 cm³/mol. The lowest BCUT2D eigenvalue weighted by Gasteiger charge is -2.41. The molecule has 3 aliphatic heterocycles. The molecule has 2 atom stereocenters. The Balaban J connectivity index is 1.56. The number of aryl methyl sites for hydroxylation is 1. The van der Waals surface area contributed by atoms with Gasteiger partial charge in [0.2, 0.25) is 0 Å². The van der Waals surface area contributed by atoms with Crippen LogP contribution in [0.25, 0.3) is 28.0 Å². The molecule has 0 amide bonds. The van der Waals surface area contributed by atoms with E-state index in [1.165, 1.54) is 12.1 Å². The number of nitrogens with zero attached hydrogens (tertiary/aromatic N) is 4. The van der Waals surface area contributed by atoms with Crippen LogP contribution >= 0.6 is 0 Å². The Labute approximate surface area is 279 Å². The van der Waals surface area contributed by atoms with Crippen LogP contribution in [-0.2, 0) is 14.3 Å². The Bertz CT molecular complexity index is 1830. The zero-order valence-electron chi connectivity index (χ0n) is 28.5. The SMILES string of the molecule is Cc1nc2cc3nn2c(c1[C@H](OC(C)(C)C)C(=O)O)N1CCC(C)(CC1)OCCCC[C@H](C)Oc1cccc(F)c1-c1cc-3ccc1F. The third-order valence-electron chi connectivity index (χ3n) is 9.17. The number of ether oxygens (including phenoxy) is 3. The molecular formula is C37H44F2N4O5. The summed E-state index contributed by atoms with van der Waals surface area (Å²) in [5.74, 6) is -1.48. The fourth-order valence-electron chi connectivity index (χ4n) is 6.66. The number of halogens is 2. The largest absolute Gasteiger partial charge is 0.490 e. The highest BCUT2D eigenvalue weighted by Crippen LogP contribution is 2.40. The van der Waals surface area contributed by atoms with Gasteiger partial charge in [-0.1, -0.05) is 6.07 Å². The Morgan fingerprint density at radius 3 is 2.56 bits per heavy atom. The third kappa shape index (κ3) is 6.89. The third-order valence-corrected chi connectivity index (χ3v) is 9.17. The molecular weight excluding hydrogens is 618 g/mol. The van der Waals surface area contributed by atoms with Crippen LogP contribution < -0.4 is 9.64 Å². The molecule has 2 aromatic carbocycles. The Morgan fingerprint density at radius 1 is 1.10 bits per heavy atom. The van der Waals surface area contributed by atoms with Crippen molar-refractivity contribution in [3.63, 3.8) is 0 Å². The maximum Gasteiger partial charge on any atom is 0.337 e. The molecule has 9 nitrogen and oxygen atoms in total. The summed E-state index contributed by atoms with van der Waals surface area (Å²) in [6, 6.07) is 10.8. The van der Waals surface area contributed by atoms with E-state index < -0.39 is 29.3 Å². The molecule has 1 fully saturated rings. The van der Waals surface area contributed by atoms with Crippen LogP contribution in [0.5, 0.6) is 5.75 Å². The van der Waals surface area contributed by atoms with Crippen molar-refractivity contribution in [2.75, 3.05) is 24.6 Å². The average molecular weight is 663 g/mol. The van der Waals surface area contributed by atoms with E-state index in [-0.39, 0.29) is 28.6 Å². The number of benzene rings is 2. The summed E-state index contributed by atoms with van der Waals surface area (Å²) >= 11 is 0. The first kappa shape index (κ1) is 33.8. The van der Waals surface area contributed by atoms with Crippen molar-refractivity contribution < 1.29 is 32.9 Å². The van der Waals surface area contributed by atoms with E-state index >= 15 is 8.78 Å². The van der Waals surface area contributed by atoms with Crippen molar-refractivity contribution >= 4 is 17.4 Å². The molecule has 3 aliphatic rings. The molecule has 1 saturated heterocycles. The molecule has 0 radical (unpaired) electrons. The highest BCUT2D eigenvalue weighted by molar-refractivity contribution is 5.80. The van der Waals surface area contributed by atoms with Gasteiger partial charge < -0.3 is 24.2 Å². The lowest BCUT2D eigenvalue weighted by molar-refractivity contribution is -0.160. The molecule has 2 aromatic heterocycles. The number of hydrogen-bond donors (Lipinski definition) is 1. The number of carboxylic acids is 1. The van der Waals surface area contributed by atoms with E-state index in [1.54, 1.807) is 41.8 Å². The maximum atomic E-state index is 15.5. The van der Waals surface area contributed by atoms with Gasteiger partial charge in [0.15, 0.2) is 11.8 Å². The number of carbonyl (C=O) groups is 1. The normalized spacial score (nSPS) is 21.2. The van der Waals surface area contributed by atoms with Crippen LogP contribution in [0.4, 0.5) is 14.6 Å². The average Bonchev–Trinajstić information content (AvgIpc) is 3.43. The van der Waals surface area contributed by atoms with Gasteiger partial charge in [-0.25, -0.2) is 18.6 Å². The number of carboxylic acid groups (broad SMARTS) is 1. The number of anilines is 1. The standard InChI is InChI=1S/C37H44F2N4O5/c1-22-10-7-8-19-46-37(6)15-17-42(18-16-37)34-31(33(35(44)45)48-36(3,4)5)23(2)40-30-21-28(41-43(30)34)24-13-14-26(38)25(20-24)32-27(39)11-9-12-29(32)47-22/h9,11-14,20-22,33H,7-8,10,15-19H2,1-6H3,(H,44,45)/t22-,33-/m0/s1. The molecule has 5 heterocycles. The van der Waals surface area contributed by atoms with Crippen LogP contribution in [0.2, 0.25) is 0 Å². The van der Waals surface area contributed by atoms with Crippen molar-refractivity contribution in [2.24, 2.45) is 0 Å². The molecule has 0 spiro atoms. The molecule has 0 saturated carbocycles. The molecule has 256 valence electrons. The van der Waals surface area contributed by atoms with Crippen molar-refractivity contribution in [2.45, 2.75) is 97.1 Å². The molecule has 11 heteroatoms. The topological polar surface area (TPSA) is 98.4 Å². The fraction of sp³-hybridized carbons (Fsp3) is 0.486. The summed E-state index contributed by atoms with van der Waals surface area (Å²) in [5, 5.41) is 15.4. The lowest BCUT2D eigenvalue weighted by Crippen LogP contribution is -2.46. The lowest BCUT2D eigenvalue weighted by atomic mass is 9.92. The van der Waals surface area contributed by atoms with Gasteiger partial charge in [-0.05, 0) is 104 Å². The van der Waals surface area contributed by atoms with Gasteiger partial charge in [0, 0.05) is 42.6 Å². The minimum Gasteiger partial charge on any atom is -0.490 e. The summed E-state index contributed by atoms with van der Waals surface area (Å²) in [4.78, 5) is 19.7. The van der Waals surface area contributed by atoms with Crippen molar-refractivity contribution in [1.82, 2.24) is 14.6 Å². The van der Waals surface area contributed by atoms with Gasteiger partial charge >= 0.3 is 5.97 Å². The number of aromatic nitrogens is 3. The van der Waals surface area contributed by atoms with Crippen LogP contribution in [0, 0.1) is 18.6 Å². The highest BCUT2D eigenvalue weighted by Gasteiger charge is 2.38. The fourth-order valence-corrected chi connectivity index (χ4v) is 6.66. The summed E-state index contributed by atoms with van der Waals surface area (Å²) in [6.07, 6.45) is 2.32.